The monoisotopic (exact) mass is 333 g/mol. The van der Waals surface area contributed by atoms with Crippen molar-refractivity contribution in [1.29, 1.82) is 0 Å². The van der Waals surface area contributed by atoms with E-state index in [0.717, 1.165) is 26.9 Å². The van der Waals surface area contributed by atoms with E-state index < -0.39 is 12.0 Å². The average molecular weight is 334 g/mol. The molecule has 0 aliphatic heterocycles. The van der Waals surface area contributed by atoms with Gasteiger partial charge in [-0.3, -0.25) is 0 Å². The number of aliphatic carboxylic acids is 1. The molecule has 20 heavy (non-hydrogen) atoms. The van der Waals surface area contributed by atoms with Crippen molar-refractivity contribution in [1.82, 2.24) is 0 Å². The Bertz CT molecular complexity index is 640. The highest BCUT2D eigenvalue weighted by Gasteiger charge is 2.22. The lowest BCUT2D eigenvalue weighted by Gasteiger charge is -2.19. The maximum absolute atomic E-state index is 11.6. The van der Waals surface area contributed by atoms with Crippen LogP contribution in [0.15, 0.2) is 46.9 Å². The summed E-state index contributed by atoms with van der Waals surface area (Å²) in [6.45, 7) is 3.88. The van der Waals surface area contributed by atoms with Crippen molar-refractivity contribution in [2.75, 3.05) is 5.32 Å². The van der Waals surface area contributed by atoms with E-state index in [4.69, 9.17) is 0 Å². The molecule has 4 heteroatoms. The third-order valence-corrected chi connectivity index (χ3v) is 3.86. The predicted molar refractivity (Wildman–Crippen MR) is 84.1 cm³/mol. The average Bonchev–Trinajstić information content (AvgIpc) is 2.40. The molecule has 0 aromatic heterocycles. The van der Waals surface area contributed by atoms with Crippen LogP contribution in [0.3, 0.4) is 0 Å². The van der Waals surface area contributed by atoms with Crippen molar-refractivity contribution in [3.63, 3.8) is 0 Å². The number of carboxylic acids is 1. The Morgan fingerprint density at radius 1 is 1.20 bits per heavy atom. The first kappa shape index (κ1) is 14.6. The third kappa shape index (κ3) is 3.20. The van der Waals surface area contributed by atoms with Gasteiger partial charge in [0.2, 0.25) is 0 Å². The molecule has 0 radical (unpaired) electrons. The molecule has 3 nitrogen and oxygen atoms in total. The van der Waals surface area contributed by atoms with E-state index in [1.165, 1.54) is 0 Å². The molecule has 1 atom stereocenters. The molecule has 2 rings (SSSR count). The first-order chi connectivity index (χ1) is 9.49. The molecule has 2 aromatic rings. The van der Waals surface area contributed by atoms with E-state index in [9.17, 15) is 9.90 Å². The third-order valence-electron chi connectivity index (χ3n) is 3.17. The minimum absolute atomic E-state index is 0.765. The zero-order chi connectivity index (χ0) is 14.7. The zero-order valence-corrected chi connectivity index (χ0v) is 12.9. The lowest BCUT2D eigenvalue weighted by molar-refractivity contribution is -0.138. The summed E-state index contributed by atoms with van der Waals surface area (Å²) in [7, 11) is 0. The van der Waals surface area contributed by atoms with Crippen molar-refractivity contribution >= 4 is 27.6 Å². The Hall–Kier alpha value is -1.81. The summed E-state index contributed by atoms with van der Waals surface area (Å²) in [5.41, 5.74) is 3.56. The minimum Gasteiger partial charge on any atom is -0.479 e. The summed E-state index contributed by atoms with van der Waals surface area (Å²) in [5.74, 6) is -0.894. The van der Waals surface area contributed by atoms with E-state index in [0.29, 0.717) is 0 Å². The molecule has 0 heterocycles. The molecule has 0 saturated heterocycles. The minimum atomic E-state index is -0.894. The number of carboxylic acid groups (broad SMARTS) is 1. The van der Waals surface area contributed by atoms with Crippen LogP contribution in [-0.4, -0.2) is 11.1 Å². The van der Waals surface area contributed by atoms with Crippen molar-refractivity contribution in [2.24, 2.45) is 0 Å². The van der Waals surface area contributed by atoms with Gasteiger partial charge in [-0.2, -0.15) is 0 Å². The van der Waals surface area contributed by atoms with Crippen LogP contribution in [0.25, 0.3) is 0 Å². The molecular weight excluding hydrogens is 318 g/mol. The van der Waals surface area contributed by atoms with E-state index >= 15 is 0 Å². The SMILES string of the molecule is Cc1ccc(C)c(C(Nc2ccccc2Br)C(=O)O)c1. The van der Waals surface area contributed by atoms with Crippen LogP contribution in [0.5, 0.6) is 0 Å². The number of hydrogen-bond acceptors (Lipinski definition) is 2. The first-order valence-electron chi connectivity index (χ1n) is 6.30. The van der Waals surface area contributed by atoms with Crippen molar-refractivity contribution < 1.29 is 9.90 Å². The van der Waals surface area contributed by atoms with Crippen LogP contribution >= 0.6 is 15.9 Å². The largest absolute Gasteiger partial charge is 0.479 e. The zero-order valence-electron chi connectivity index (χ0n) is 11.4. The highest BCUT2D eigenvalue weighted by Crippen LogP contribution is 2.28. The van der Waals surface area contributed by atoms with Gasteiger partial charge in [-0.25, -0.2) is 4.79 Å². The van der Waals surface area contributed by atoms with Gasteiger partial charge in [0.25, 0.3) is 0 Å². The summed E-state index contributed by atoms with van der Waals surface area (Å²) in [6, 6.07) is 12.6. The number of rotatable bonds is 4. The molecule has 1 unspecified atom stereocenters. The smallest absolute Gasteiger partial charge is 0.330 e. The molecule has 2 aromatic carbocycles. The molecule has 104 valence electrons. The van der Waals surface area contributed by atoms with Gasteiger partial charge in [0.15, 0.2) is 6.04 Å². The highest BCUT2D eigenvalue weighted by molar-refractivity contribution is 9.10. The molecule has 0 amide bonds. The molecule has 2 N–H and O–H groups in total. The maximum atomic E-state index is 11.6. The van der Waals surface area contributed by atoms with E-state index in [1.54, 1.807) is 0 Å². The summed E-state index contributed by atoms with van der Waals surface area (Å²) in [6.07, 6.45) is 0. The Labute approximate surface area is 126 Å². The number of anilines is 1. The number of para-hydroxylation sites is 1. The van der Waals surface area contributed by atoms with Crippen LogP contribution in [0.4, 0.5) is 5.69 Å². The van der Waals surface area contributed by atoms with Crippen LogP contribution in [-0.2, 0) is 4.79 Å². The summed E-state index contributed by atoms with van der Waals surface area (Å²) in [4.78, 5) is 11.6. The maximum Gasteiger partial charge on any atom is 0.330 e. The second kappa shape index (κ2) is 6.09. The molecule has 0 spiro atoms. The van der Waals surface area contributed by atoms with Crippen LogP contribution in [0.2, 0.25) is 0 Å². The summed E-state index contributed by atoms with van der Waals surface area (Å²) < 4.78 is 0.844. The first-order valence-corrected chi connectivity index (χ1v) is 7.09. The summed E-state index contributed by atoms with van der Waals surface area (Å²) in [5, 5.41) is 12.6. The van der Waals surface area contributed by atoms with E-state index in [1.807, 2.05) is 56.3 Å². The summed E-state index contributed by atoms with van der Waals surface area (Å²) >= 11 is 3.42. The van der Waals surface area contributed by atoms with Crippen molar-refractivity contribution in [3.8, 4) is 0 Å². The number of halogens is 1. The Balaban J connectivity index is 2.40. The molecule has 0 fully saturated rings. The van der Waals surface area contributed by atoms with E-state index in [-0.39, 0.29) is 0 Å². The van der Waals surface area contributed by atoms with Gasteiger partial charge in [0.1, 0.15) is 0 Å². The molecule has 0 bridgehead atoms. The Morgan fingerprint density at radius 3 is 2.55 bits per heavy atom. The number of carbonyl (C=O) groups is 1. The Morgan fingerprint density at radius 2 is 1.90 bits per heavy atom. The van der Waals surface area contributed by atoms with Crippen LogP contribution in [0, 0.1) is 13.8 Å². The van der Waals surface area contributed by atoms with Gasteiger partial charge in [0, 0.05) is 10.2 Å². The normalized spacial score (nSPS) is 11.9. The molecule has 0 aliphatic carbocycles. The topological polar surface area (TPSA) is 49.3 Å². The lowest BCUT2D eigenvalue weighted by atomic mass is 9.98. The number of nitrogens with one attached hydrogen (secondary N) is 1. The van der Waals surface area contributed by atoms with Gasteiger partial charge in [-0.1, -0.05) is 35.9 Å². The standard InChI is InChI=1S/C16H16BrNO2/c1-10-7-8-11(2)12(9-10)15(16(19)20)18-14-6-4-3-5-13(14)17/h3-9,15,18H,1-2H3,(H,19,20). The number of aryl methyl sites for hydroxylation is 2. The number of hydrogen-bond donors (Lipinski definition) is 2. The highest BCUT2D eigenvalue weighted by atomic mass is 79.9. The fourth-order valence-corrected chi connectivity index (χ4v) is 2.48. The second-order valence-corrected chi connectivity index (χ2v) is 5.61. The van der Waals surface area contributed by atoms with Crippen LogP contribution < -0.4 is 5.32 Å². The molecular formula is C16H16BrNO2. The fourth-order valence-electron chi connectivity index (χ4n) is 2.08. The predicted octanol–water partition coefficient (Wildman–Crippen LogP) is 4.30. The second-order valence-electron chi connectivity index (χ2n) is 4.76. The van der Waals surface area contributed by atoms with E-state index in [2.05, 4.69) is 21.2 Å². The molecule has 0 aliphatic rings. The fraction of sp³-hybridized carbons (Fsp3) is 0.188. The van der Waals surface area contributed by atoms with Gasteiger partial charge in [-0.05, 0) is 53.0 Å². The van der Waals surface area contributed by atoms with Gasteiger partial charge in [-0.15, -0.1) is 0 Å². The van der Waals surface area contributed by atoms with Crippen LogP contribution in [0.1, 0.15) is 22.7 Å². The molecule has 0 saturated carbocycles. The Kier molecular flexibility index (Phi) is 4.45. The van der Waals surface area contributed by atoms with Gasteiger partial charge in [0.05, 0.1) is 0 Å². The van der Waals surface area contributed by atoms with Crippen molar-refractivity contribution in [2.45, 2.75) is 19.9 Å². The van der Waals surface area contributed by atoms with Gasteiger partial charge >= 0.3 is 5.97 Å². The number of benzene rings is 2. The lowest BCUT2D eigenvalue weighted by Crippen LogP contribution is -2.21. The quantitative estimate of drug-likeness (QED) is 0.876. The van der Waals surface area contributed by atoms with Crippen molar-refractivity contribution in [3.05, 3.63) is 63.6 Å². The van der Waals surface area contributed by atoms with Gasteiger partial charge < -0.3 is 10.4 Å².